The van der Waals surface area contributed by atoms with Crippen LogP contribution in [-0.4, -0.2) is 43.9 Å². The van der Waals surface area contributed by atoms with Crippen molar-refractivity contribution in [1.82, 2.24) is 5.32 Å². The molecule has 1 aliphatic rings. The van der Waals surface area contributed by atoms with E-state index in [1.165, 1.54) is 12.1 Å². The molecule has 0 bridgehead atoms. The summed E-state index contributed by atoms with van der Waals surface area (Å²) in [6, 6.07) is 4.37. The largest absolute Gasteiger partial charge is 0.452 e. The number of ether oxygens (including phenoxy) is 1. The van der Waals surface area contributed by atoms with Crippen LogP contribution in [0.4, 0.5) is 13.2 Å². The van der Waals surface area contributed by atoms with Crippen LogP contribution in [0.2, 0.25) is 0 Å². The molecule has 1 fully saturated rings. The minimum atomic E-state index is -4.49. The Kier molecular flexibility index (Phi) is 5.98. The lowest BCUT2D eigenvalue weighted by molar-refractivity contribution is -0.144. The Hall–Kier alpha value is -2.36. The summed E-state index contributed by atoms with van der Waals surface area (Å²) in [7, 11) is -3.20. The standard InChI is InChI=1S/C17H18F3NO5S/c1-16(7-8-27(24,25)11-16)21-14(22)10-26-15(23)6-5-12-3-2-4-13(9-12)17(18,19)20/h2-6,9H,7-8,10-11H2,1H3,(H,21,22)/b6-5+/t16-/m1/s1. The molecule has 0 unspecified atom stereocenters. The highest BCUT2D eigenvalue weighted by Crippen LogP contribution is 2.29. The van der Waals surface area contributed by atoms with Crippen molar-refractivity contribution >= 4 is 27.8 Å². The van der Waals surface area contributed by atoms with E-state index in [0.29, 0.717) is 0 Å². The van der Waals surface area contributed by atoms with E-state index in [9.17, 15) is 31.2 Å². The molecular weight excluding hydrogens is 387 g/mol. The van der Waals surface area contributed by atoms with Gasteiger partial charge < -0.3 is 10.1 Å². The molecule has 148 valence electrons. The SMILES string of the molecule is C[C@@]1(NC(=O)COC(=O)/C=C/c2cccc(C(F)(F)F)c2)CCS(=O)(=O)C1. The number of hydrogen-bond acceptors (Lipinski definition) is 5. The predicted octanol–water partition coefficient (Wildman–Crippen LogP) is 1.96. The van der Waals surface area contributed by atoms with E-state index in [2.05, 4.69) is 5.32 Å². The van der Waals surface area contributed by atoms with Crippen LogP contribution >= 0.6 is 0 Å². The third-order valence-electron chi connectivity index (χ3n) is 3.92. The highest BCUT2D eigenvalue weighted by Gasteiger charge is 2.39. The van der Waals surface area contributed by atoms with Crippen LogP contribution in [0.15, 0.2) is 30.3 Å². The van der Waals surface area contributed by atoms with Crippen LogP contribution in [0.1, 0.15) is 24.5 Å². The summed E-state index contributed by atoms with van der Waals surface area (Å²) in [5, 5.41) is 2.52. The zero-order valence-corrected chi connectivity index (χ0v) is 15.2. The normalized spacial score (nSPS) is 21.9. The van der Waals surface area contributed by atoms with E-state index in [-0.39, 0.29) is 23.5 Å². The summed E-state index contributed by atoms with van der Waals surface area (Å²) in [5.74, 6) is -1.78. The Labute approximate surface area is 154 Å². The number of halogens is 3. The first kappa shape index (κ1) is 20.9. The maximum absolute atomic E-state index is 12.6. The topological polar surface area (TPSA) is 89.5 Å². The van der Waals surface area contributed by atoms with Crippen LogP contribution in [0.5, 0.6) is 0 Å². The highest BCUT2D eigenvalue weighted by atomic mass is 32.2. The molecule has 0 spiro atoms. The molecule has 1 amide bonds. The zero-order valence-electron chi connectivity index (χ0n) is 14.4. The Bertz CT molecular complexity index is 864. The number of hydrogen-bond donors (Lipinski definition) is 1. The summed E-state index contributed by atoms with van der Waals surface area (Å²) in [6.07, 6.45) is -2.18. The van der Waals surface area contributed by atoms with Gasteiger partial charge in [0, 0.05) is 6.08 Å². The minimum Gasteiger partial charge on any atom is -0.452 e. The number of amides is 1. The van der Waals surface area contributed by atoms with Crippen molar-refractivity contribution in [3.8, 4) is 0 Å². The number of alkyl halides is 3. The molecule has 1 saturated heterocycles. The maximum Gasteiger partial charge on any atom is 0.416 e. The highest BCUT2D eigenvalue weighted by molar-refractivity contribution is 7.91. The maximum atomic E-state index is 12.6. The molecule has 1 heterocycles. The van der Waals surface area contributed by atoms with Gasteiger partial charge in [0.2, 0.25) is 0 Å². The Balaban J connectivity index is 1.86. The molecule has 1 aromatic carbocycles. The number of carbonyl (C=O) groups is 2. The summed E-state index contributed by atoms with van der Waals surface area (Å²) in [6.45, 7) is 0.964. The van der Waals surface area contributed by atoms with Crippen molar-refractivity contribution in [2.24, 2.45) is 0 Å². The lowest BCUT2D eigenvalue weighted by Gasteiger charge is -2.23. The summed E-state index contributed by atoms with van der Waals surface area (Å²) >= 11 is 0. The number of esters is 1. The van der Waals surface area contributed by atoms with E-state index in [1.54, 1.807) is 6.92 Å². The number of sulfone groups is 1. The van der Waals surface area contributed by atoms with Crippen molar-refractivity contribution in [2.45, 2.75) is 25.1 Å². The third-order valence-corrected chi connectivity index (χ3v) is 5.82. The number of rotatable bonds is 5. The second-order valence-electron chi connectivity index (χ2n) is 6.52. The molecular formula is C17H18F3NO5S. The van der Waals surface area contributed by atoms with Gasteiger partial charge in [-0.25, -0.2) is 13.2 Å². The molecule has 10 heteroatoms. The fourth-order valence-corrected chi connectivity index (χ4v) is 4.74. The van der Waals surface area contributed by atoms with E-state index in [1.807, 2.05) is 0 Å². The van der Waals surface area contributed by atoms with Crippen LogP contribution in [0, 0.1) is 0 Å². The molecule has 27 heavy (non-hydrogen) atoms. The minimum absolute atomic E-state index is 0.0245. The van der Waals surface area contributed by atoms with Gasteiger partial charge in [-0.1, -0.05) is 12.1 Å². The van der Waals surface area contributed by atoms with E-state index < -0.39 is 45.6 Å². The first-order valence-corrected chi connectivity index (χ1v) is 9.74. The molecule has 0 radical (unpaired) electrons. The molecule has 1 aliphatic heterocycles. The predicted molar refractivity (Wildman–Crippen MR) is 91.3 cm³/mol. The van der Waals surface area contributed by atoms with E-state index in [4.69, 9.17) is 4.74 Å². The van der Waals surface area contributed by atoms with Gasteiger partial charge in [0.25, 0.3) is 5.91 Å². The van der Waals surface area contributed by atoms with E-state index >= 15 is 0 Å². The van der Waals surface area contributed by atoms with Crippen LogP contribution in [-0.2, 0) is 30.3 Å². The first-order chi connectivity index (χ1) is 12.4. The molecule has 1 atom stereocenters. The second kappa shape index (κ2) is 7.71. The summed E-state index contributed by atoms with van der Waals surface area (Å²) in [5.41, 5.74) is -1.61. The van der Waals surface area contributed by atoms with Crippen molar-refractivity contribution < 1.29 is 35.9 Å². The van der Waals surface area contributed by atoms with Gasteiger partial charge in [0.05, 0.1) is 22.6 Å². The van der Waals surface area contributed by atoms with Gasteiger partial charge in [-0.2, -0.15) is 13.2 Å². The average Bonchev–Trinajstić information content (AvgIpc) is 2.83. The van der Waals surface area contributed by atoms with Gasteiger partial charge in [0.1, 0.15) is 0 Å². The molecule has 0 aliphatic carbocycles. The molecule has 0 saturated carbocycles. The number of benzene rings is 1. The molecule has 2 rings (SSSR count). The Morgan fingerprint density at radius 1 is 1.33 bits per heavy atom. The number of carbonyl (C=O) groups excluding carboxylic acids is 2. The third kappa shape index (κ3) is 6.38. The smallest absolute Gasteiger partial charge is 0.416 e. The van der Waals surface area contributed by atoms with Crippen molar-refractivity contribution in [1.29, 1.82) is 0 Å². The lowest BCUT2D eigenvalue weighted by atomic mass is 10.0. The van der Waals surface area contributed by atoms with Crippen molar-refractivity contribution in [3.05, 3.63) is 41.5 Å². The zero-order chi connectivity index (χ0) is 20.3. The second-order valence-corrected chi connectivity index (χ2v) is 8.70. The Morgan fingerprint density at radius 2 is 2.04 bits per heavy atom. The fraction of sp³-hybridized carbons (Fsp3) is 0.412. The summed E-state index contributed by atoms with van der Waals surface area (Å²) in [4.78, 5) is 23.4. The molecule has 0 aromatic heterocycles. The van der Waals surface area contributed by atoms with Gasteiger partial charge in [-0.05, 0) is 37.1 Å². The Morgan fingerprint density at radius 3 is 2.63 bits per heavy atom. The lowest BCUT2D eigenvalue weighted by Crippen LogP contribution is -2.48. The molecule has 1 aromatic rings. The van der Waals surface area contributed by atoms with Gasteiger partial charge in [-0.3, -0.25) is 4.79 Å². The van der Waals surface area contributed by atoms with Crippen LogP contribution in [0.25, 0.3) is 6.08 Å². The summed E-state index contributed by atoms with van der Waals surface area (Å²) < 4.78 is 65.6. The van der Waals surface area contributed by atoms with Crippen molar-refractivity contribution in [2.75, 3.05) is 18.1 Å². The van der Waals surface area contributed by atoms with E-state index in [0.717, 1.165) is 24.3 Å². The quantitative estimate of drug-likeness (QED) is 0.598. The molecule has 6 nitrogen and oxygen atoms in total. The number of nitrogens with one attached hydrogen (secondary N) is 1. The molecule has 1 N–H and O–H groups in total. The first-order valence-electron chi connectivity index (χ1n) is 7.92. The van der Waals surface area contributed by atoms with Gasteiger partial charge >= 0.3 is 12.1 Å². The average molecular weight is 405 g/mol. The van der Waals surface area contributed by atoms with Crippen LogP contribution in [0.3, 0.4) is 0 Å². The van der Waals surface area contributed by atoms with Gasteiger partial charge in [0.15, 0.2) is 16.4 Å². The monoisotopic (exact) mass is 405 g/mol. The van der Waals surface area contributed by atoms with Crippen molar-refractivity contribution in [3.63, 3.8) is 0 Å². The van der Waals surface area contributed by atoms with Gasteiger partial charge in [-0.15, -0.1) is 0 Å². The fourth-order valence-electron chi connectivity index (χ4n) is 2.65. The van der Waals surface area contributed by atoms with Crippen LogP contribution < -0.4 is 5.32 Å².